The van der Waals surface area contributed by atoms with E-state index >= 15 is 0 Å². The van der Waals surface area contributed by atoms with Crippen LogP contribution in [0.25, 0.3) is 0 Å². The van der Waals surface area contributed by atoms with E-state index < -0.39 is 28.5 Å². The zero-order valence-corrected chi connectivity index (χ0v) is 26.9. The predicted octanol–water partition coefficient (Wildman–Crippen LogP) is 6.57. The Morgan fingerprint density at radius 1 is 0.905 bits per heavy atom. The van der Waals surface area contributed by atoms with E-state index in [1.807, 2.05) is 13.8 Å². The largest absolute Gasteiger partial charge is 0.495 e. The Morgan fingerprint density at radius 2 is 1.55 bits per heavy atom. The van der Waals surface area contributed by atoms with E-state index in [2.05, 4.69) is 5.32 Å². The van der Waals surface area contributed by atoms with Crippen molar-refractivity contribution in [3.8, 4) is 5.75 Å². The van der Waals surface area contributed by atoms with Crippen LogP contribution in [0.4, 0.5) is 5.69 Å². The number of hydrogen-bond acceptors (Lipinski definition) is 5. The van der Waals surface area contributed by atoms with Gasteiger partial charge in [0, 0.05) is 28.2 Å². The molecule has 0 radical (unpaired) electrons. The first-order valence-electron chi connectivity index (χ1n) is 13.4. The second-order valence-electron chi connectivity index (χ2n) is 9.61. The normalized spacial score (nSPS) is 12.7. The molecule has 226 valence electrons. The summed E-state index contributed by atoms with van der Waals surface area (Å²) >= 11 is 19.3. The van der Waals surface area contributed by atoms with Crippen molar-refractivity contribution in [2.24, 2.45) is 0 Å². The highest BCUT2D eigenvalue weighted by atomic mass is 35.5. The van der Waals surface area contributed by atoms with Crippen LogP contribution in [0.2, 0.25) is 15.1 Å². The highest BCUT2D eigenvalue weighted by Crippen LogP contribution is 2.33. The fourth-order valence-corrected chi connectivity index (χ4v) is 6.47. The lowest BCUT2D eigenvalue weighted by Crippen LogP contribution is -2.53. The third-order valence-corrected chi connectivity index (χ3v) is 9.60. The average Bonchev–Trinajstić information content (AvgIpc) is 2.97. The summed E-state index contributed by atoms with van der Waals surface area (Å²) in [4.78, 5) is 28.9. The van der Waals surface area contributed by atoms with E-state index in [4.69, 9.17) is 39.5 Å². The van der Waals surface area contributed by atoms with Crippen molar-refractivity contribution in [1.29, 1.82) is 0 Å². The molecule has 0 unspecified atom stereocenters. The van der Waals surface area contributed by atoms with Crippen LogP contribution in [0.5, 0.6) is 5.75 Å². The van der Waals surface area contributed by atoms with E-state index in [-0.39, 0.29) is 40.5 Å². The molecule has 0 bridgehead atoms. The van der Waals surface area contributed by atoms with Gasteiger partial charge >= 0.3 is 0 Å². The van der Waals surface area contributed by atoms with Crippen molar-refractivity contribution in [3.63, 3.8) is 0 Å². The molecule has 3 aromatic rings. The standard InChI is InChI=1S/C30H34Cl3N3O5S/c1-5-20(3)34-30(38)27(6-2)35(18-23-24(31)13-10-14-25(23)32)29(37)19-36(21-15-16-28(41-4)26(33)17-21)42(39,40)22-11-8-7-9-12-22/h7-17,20,27H,5-6,18-19H2,1-4H3,(H,34,38)/t20-,27-/m0/s1. The molecule has 1 N–H and O–H groups in total. The average molecular weight is 655 g/mol. The number of carbonyl (C=O) groups is 2. The molecule has 0 fully saturated rings. The minimum atomic E-state index is -4.25. The van der Waals surface area contributed by atoms with E-state index in [9.17, 15) is 18.0 Å². The van der Waals surface area contributed by atoms with E-state index in [0.29, 0.717) is 27.8 Å². The van der Waals surface area contributed by atoms with Crippen molar-refractivity contribution in [2.75, 3.05) is 18.0 Å². The molecule has 0 aromatic heterocycles. The van der Waals surface area contributed by atoms with Gasteiger partial charge in [0.05, 0.1) is 22.7 Å². The maximum Gasteiger partial charge on any atom is 0.264 e. The molecule has 0 aliphatic carbocycles. The van der Waals surface area contributed by atoms with Crippen LogP contribution in [-0.4, -0.2) is 50.9 Å². The van der Waals surface area contributed by atoms with Gasteiger partial charge in [-0.15, -0.1) is 0 Å². The van der Waals surface area contributed by atoms with Crippen LogP contribution in [0, 0.1) is 0 Å². The van der Waals surface area contributed by atoms with Crippen molar-refractivity contribution < 1.29 is 22.7 Å². The Morgan fingerprint density at radius 3 is 2.10 bits per heavy atom. The number of rotatable bonds is 13. The van der Waals surface area contributed by atoms with Gasteiger partial charge < -0.3 is 15.0 Å². The Kier molecular flexibility index (Phi) is 11.9. The number of anilines is 1. The summed E-state index contributed by atoms with van der Waals surface area (Å²) in [5.74, 6) is -0.663. The summed E-state index contributed by atoms with van der Waals surface area (Å²) in [6.07, 6.45) is 0.948. The highest BCUT2D eigenvalue weighted by molar-refractivity contribution is 7.92. The van der Waals surface area contributed by atoms with Gasteiger partial charge in [0.15, 0.2) is 0 Å². The molecule has 2 atom stereocenters. The molecule has 2 amide bonds. The second-order valence-corrected chi connectivity index (χ2v) is 12.7. The summed E-state index contributed by atoms with van der Waals surface area (Å²) in [6, 6.07) is 16.1. The number of nitrogens with zero attached hydrogens (tertiary/aromatic N) is 2. The van der Waals surface area contributed by atoms with Gasteiger partial charge in [-0.1, -0.05) is 72.9 Å². The lowest BCUT2D eigenvalue weighted by molar-refractivity contribution is -0.140. The van der Waals surface area contributed by atoms with Gasteiger partial charge in [-0.2, -0.15) is 0 Å². The van der Waals surface area contributed by atoms with E-state index in [1.165, 1.54) is 42.3 Å². The minimum Gasteiger partial charge on any atom is -0.495 e. The van der Waals surface area contributed by atoms with Gasteiger partial charge in [-0.25, -0.2) is 8.42 Å². The van der Waals surface area contributed by atoms with Crippen LogP contribution in [0.3, 0.4) is 0 Å². The molecule has 0 aliphatic rings. The Balaban J connectivity index is 2.12. The molecule has 0 saturated heterocycles. The summed E-state index contributed by atoms with van der Waals surface area (Å²) in [5.41, 5.74) is 0.583. The lowest BCUT2D eigenvalue weighted by atomic mass is 10.1. The summed E-state index contributed by atoms with van der Waals surface area (Å²) < 4.78 is 34.1. The van der Waals surface area contributed by atoms with Crippen molar-refractivity contribution in [1.82, 2.24) is 10.2 Å². The first kappa shape index (κ1) is 33.5. The first-order valence-corrected chi connectivity index (χ1v) is 16.0. The first-order chi connectivity index (χ1) is 19.9. The van der Waals surface area contributed by atoms with Crippen molar-refractivity contribution in [2.45, 2.75) is 57.1 Å². The number of carbonyl (C=O) groups excluding carboxylic acids is 2. The fraction of sp³-hybridized carbons (Fsp3) is 0.333. The minimum absolute atomic E-state index is 0.0213. The van der Waals surface area contributed by atoms with Crippen LogP contribution in [0.1, 0.15) is 39.2 Å². The highest BCUT2D eigenvalue weighted by Gasteiger charge is 2.34. The topological polar surface area (TPSA) is 96.0 Å². The van der Waals surface area contributed by atoms with Crippen molar-refractivity contribution >= 4 is 62.3 Å². The zero-order chi connectivity index (χ0) is 31.0. The van der Waals surface area contributed by atoms with Crippen LogP contribution >= 0.6 is 34.8 Å². The molecular formula is C30H34Cl3N3O5S. The quantitative estimate of drug-likeness (QED) is 0.225. The molecule has 0 saturated carbocycles. The Bertz CT molecular complexity index is 1490. The number of amides is 2. The van der Waals surface area contributed by atoms with Crippen LogP contribution in [-0.2, 0) is 26.2 Å². The third kappa shape index (κ3) is 7.89. The van der Waals surface area contributed by atoms with E-state index in [0.717, 1.165) is 4.31 Å². The number of ether oxygens (including phenoxy) is 1. The predicted molar refractivity (Wildman–Crippen MR) is 168 cm³/mol. The smallest absolute Gasteiger partial charge is 0.264 e. The number of nitrogens with one attached hydrogen (secondary N) is 1. The molecular weight excluding hydrogens is 621 g/mol. The second kappa shape index (κ2) is 15.0. The van der Waals surface area contributed by atoms with Gasteiger partial charge in [-0.3, -0.25) is 13.9 Å². The number of methoxy groups -OCH3 is 1. The number of halogens is 3. The van der Waals surface area contributed by atoms with E-state index in [1.54, 1.807) is 43.3 Å². The number of benzene rings is 3. The van der Waals surface area contributed by atoms with Gasteiger partial charge in [-0.05, 0) is 62.2 Å². The Labute approximate surface area is 262 Å². The van der Waals surface area contributed by atoms with Crippen LogP contribution in [0.15, 0.2) is 71.6 Å². The van der Waals surface area contributed by atoms with Gasteiger partial charge in [0.1, 0.15) is 18.3 Å². The molecule has 8 nitrogen and oxygen atoms in total. The molecule has 3 aromatic carbocycles. The molecule has 42 heavy (non-hydrogen) atoms. The van der Waals surface area contributed by atoms with Gasteiger partial charge in [0.2, 0.25) is 11.8 Å². The number of sulfonamides is 1. The molecule has 12 heteroatoms. The molecule has 3 rings (SSSR count). The van der Waals surface area contributed by atoms with Crippen LogP contribution < -0.4 is 14.4 Å². The monoisotopic (exact) mass is 653 g/mol. The summed E-state index contributed by atoms with van der Waals surface area (Å²) in [7, 11) is -2.81. The lowest BCUT2D eigenvalue weighted by Gasteiger charge is -2.34. The maximum absolute atomic E-state index is 14.2. The Hall–Kier alpha value is -2.98. The molecule has 0 aliphatic heterocycles. The SMILES string of the molecule is CC[C@H](C)NC(=O)[C@H](CC)N(Cc1c(Cl)cccc1Cl)C(=O)CN(c1ccc(OC)c(Cl)c1)S(=O)(=O)c1ccccc1. The van der Waals surface area contributed by atoms with Gasteiger partial charge in [0.25, 0.3) is 10.0 Å². The zero-order valence-electron chi connectivity index (χ0n) is 23.8. The number of hydrogen-bond donors (Lipinski definition) is 1. The van der Waals surface area contributed by atoms with Crippen molar-refractivity contribution in [3.05, 3.63) is 87.4 Å². The summed E-state index contributed by atoms with van der Waals surface area (Å²) in [5, 5.41) is 3.72. The maximum atomic E-state index is 14.2. The fourth-order valence-electron chi connectivity index (χ4n) is 4.27. The summed E-state index contributed by atoms with van der Waals surface area (Å²) in [6.45, 7) is 4.83. The molecule has 0 spiro atoms. The third-order valence-electron chi connectivity index (χ3n) is 6.81. The molecule has 0 heterocycles.